The van der Waals surface area contributed by atoms with Crippen LogP contribution in [0.15, 0.2) is 18.2 Å². The van der Waals surface area contributed by atoms with Crippen LogP contribution < -0.4 is 11.1 Å². The fourth-order valence-electron chi connectivity index (χ4n) is 1.89. The van der Waals surface area contributed by atoms with E-state index >= 15 is 0 Å². The molecule has 0 saturated carbocycles. The van der Waals surface area contributed by atoms with Crippen LogP contribution in [0, 0.1) is 5.82 Å². The van der Waals surface area contributed by atoms with Gasteiger partial charge in [-0.1, -0.05) is 25.8 Å². The number of hydrogen-bond donors (Lipinski definition) is 2. The van der Waals surface area contributed by atoms with Gasteiger partial charge in [-0.2, -0.15) is 13.2 Å². The topological polar surface area (TPSA) is 55.1 Å². The molecule has 0 fully saturated rings. The first kappa shape index (κ1) is 20.7. The highest BCUT2D eigenvalue weighted by Gasteiger charge is 2.35. The molecule has 0 saturated heterocycles. The number of carbonyl (C=O) groups excluding carboxylic acids is 1. The molecule has 1 aromatic rings. The number of halogens is 5. The number of unbranched alkanes of at least 4 members (excludes halogenated alkanes) is 1. The SMILES string of the molecule is CCCCC(CN)NC(=O)c1cccc(C(F)(F)F)c1F.Cl. The predicted octanol–water partition coefficient (Wildman–Crippen LogP) is 3.51. The Morgan fingerprint density at radius 3 is 2.50 bits per heavy atom. The van der Waals surface area contributed by atoms with E-state index in [1.165, 1.54) is 0 Å². The number of carbonyl (C=O) groups is 1. The standard InChI is InChI=1S/C14H18F4N2O.ClH/c1-2-3-5-9(8-19)20-13(21)10-6-4-7-11(12(10)15)14(16,17)18;/h4,6-7,9H,2-3,5,8,19H2,1H3,(H,20,21);1H. The summed E-state index contributed by atoms with van der Waals surface area (Å²) >= 11 is 0. The summed E-state index contributed by atoms with van der Waals surface area (Å²) in [7, 11) is 0. The minimum absolute atomic E-state index is 0. The number of benzene rings is 1. The van der Waals surface area contributed by atoms with E-state index in [-0.39, 0.29) is 25.0 Å². The Kier molecular flexibility index (Phi) is 8.40. The highest BCUT2D eigenvalue weighted by Crippen LogP contribution is 2.32. The third kappa shape index (κ3) is 5.46. The molecular weight excluding hydrogens is 324 g/mol. The van der Waals surface area contributed by atoms with Gasteiger partial charge in [0.25, 0.3) is 5.91 Å². The molecule has 22 heavy (non-hydrogen) atoms. The van der Waals surface area contributed by atoms with Crippen LogP contribution in [0.5, 0.6) is 0 Å². The van der Waals surface area contributed by atoms with E-state index in [2.05, 4.69) is 5.32 Å². The van der Waals surface area contributed by atoms with E-state index in [1.54, 1.807) is 0 Å². The Hall–Kier alpha value is -1.34. The largest absolute Gasteiger partial charge is 0.419 e. The van der Waals surface area contributed by atoms with Gasteiger partial charge in [0.2, 0.25) is 0 Å². The lowest BCUT2D eigenvalue weighted by Gasteiger charge is -2.17. The lowest BCUT2D eigenvalue weighted by atomic mass is 10.1. The van der Waals surface area contributed by atoms with Gasteiger partial charge < -0.3 is 11.1 Å². The summed E-state index contributed by atoms with van der Waals surface area (Å²) in [6, 6.07) is 2.24. The first-order valence-corrected chi connectivity index (χ1v) is 6.67. The molecule has 0 spiro atoms. The first-order chi connectivity index (χ1) is 9.81. The second-order valence-corrected chi connectivity index (χ2v) is 4.71. The molecule has 0 bridgehead atoms. The molecule has 0 heterocycles. The summed E-state index contributed by atoms with van der Waals surface area (Å²) < 4.78 is 51.6. The Balaban J connectivity index is 0.00000441. The van der Waals surface area contributed by atoms with Gasteiger partial charge in [0, 0.05) is 12.6 Å². The summed E-state index contributed by atoms with van der Waals surface area (Å²) in [5.74, 6) is -2.45. The van der Waals surface area contributed by atoms with E-state index < -0.39 is 29.0 Å². The van der Waals surface area contributed by atoms with E-state index in [1.807, 2.05) is 6.92 Å². The number of nitrogens with one attached hydrogen (secondary N) is 1. The zero-order chi connectivity index (χ0) is 16.0. The number of nitrogens with two attached hydrogens (primary N) is 1. The van der Waals surface area contributed by atoms with Crippen molar-refractivity contribution in [3.8, 4) is 0 Å². The van der Waals surface area contributed by atoms with Gasteiger partial charge in [-0.05, 0) is 18.6 Å². The van der Waals surface area contributed by atoms with Crippen LogP contribution in [-0.4, -0.2) is 18.5 Å². The van der Waals surface area contributed by atoms with Crippen molar-refractivity contribution < 1.29 is 22.4 Å². The van der Waals surface area contributed by atoms with Crippen LogP contribution in [0.1, 0.15) is 42.1 Å². The predicted molar refractivity (Wildman–Crippen MR) is 78.5 cm³/mol. The van der Waals surface area contributed by atoms with Crippen LogP contribution in [0.2, 0.25) is 0 Å². The minimum atomic E-state index is -4.84. The Labute approximate surface area is 132 Å². The maximum Gasteiger partial charge on any atom is 0.419 e. The van der Waals surface area contributed by atoms with Crippen molar-refractivity contribution in [2.24, 2.45) is 5.73 Å². The molecule has 0 aliphatic carbocycles. The normalized spacial score (nSPS) is 12.5. The lowest BCUT2D eigenvalue weighted by Crippen LogP contribution is -2.40. The van der Waals surface area contributed by atoms with Gasteiger partial charge in [0.15, 0.2) is 0 Å². The molecule has 0 aliphatic heterocycles. The Bertz CT molecular complexity index is 494. The zero-order valence-corrected chi connectivity index (χ0v) is 12.9. The van der Waals surface area contributed by atoms with Gasteiger partial charge in [-0.15, -0.1) is 12.4 Å². The average Bonchev–Trinajstić information content (AvgIpc) is 2.42. The molecule has 1 amide bonds. The maximum absolute atomic E-state index is 13.8. The number of hydrogen-bond acceptors (Lipinski definition) is 2. The van der Waals surface area contributed by atoms with Crippen molar-refractivity contribution in [3.05, 3.63) is 35.1 Å². The number of amides is 1. The third-order valence-electron chi connectivity index (χ3n) is 3.07. The molecule has 3 N–H and O–H groups in total. The van der Waals surface area contributed by atoms with Crippen molar-refractivity contribution in [1.82, 2.24) is 5.32 Å². The molecule has 126 valence electrons. The summed E-state index contributed by atoms with van der Waals surface area (Å²) in [5.41, 5.74) is 3.41. The molecule has 1 atom stereocenters. The number of alkyl halides is 3. The minimum Gasteiger partial charge on any atom is -0.348 e. The van der Waals surface area contributed by atoms with Crippen LogP contribution in [0.3, 0.4) is 0 Å². The monoisotopic (exact) mass is 342 g/mol. The van der Waals surface area contributed by atoms with Crippen LogP contribution in [0.4, 0.5) is 17.6 Å². The van der Waals surface area contributed by atoms with E-state index in [0.29, 0.717) is 12.5 Å². The third-order valence-corrected chi connectivity index (χ3v) is 3.07. The molecule has 0 aromatic heterocycles. The Morgan fingerprint density at radius 1 is 1.36 bits per heavy atom. The molecule has 0 radical (unpaired) electrons. The van der Waals surface area contributed by atoms with E-state index in [9.17, 15) is 22.4 Å². The number of rotatable bonds is 6. The highest BCUT2D eigenvalue weighted by atomic mass is 35.5. The maximum atomic E-state index is 13.8. The molecular formula is C14H19ClF4N2O. The van der Waals surface area contributed by atoms with Gasteiger partial charge >= 0.3 is 6.18 Å². The molecule has 1 unspecified atom stereocenters. The zero-order valence-electron chi connectivity index (χ0n) is 12.0. The quantitative estimate of drug-likeness (QED) is 0.777. The van der Waals surface area contributed by atoms with Crippen molar-refractivity contribution in [1.29, 1.82) is 0 Å². The van der Waals surface area contributed by atoms with Gasteiger partial charge in [-0.3, -0.25) is 4.79 Å². The average molecular weight is 343 g/mol. The lowest BCUT2D eigenvalue weighted by molar-refractivity contribution is -0.140. The van der Waals surface area contributed by atoms with Crippen molar-refractivity contribution in [3.63, 3.8) is 0 Å². The summed E-state index contributed by atoms with van der Waals surface area (Å²) in [6.07, 6.45) is -2.54. The van der Waals surface area contributed by atoms with Crippen molar-refractivity contribution >= 4 is 18.3 Å². The molecule has 1 aromatic carbocycles. The van der Waals surface area contributed by atoms with Crippen molar-refractivity contribution in [2.75, 3.05) is 6.54 Å². The summed E-state index contributed by atoms with van der Waals surface area (Å²) in [4.78, 5) is 11.9. The summed E-state index contributed by atoms with van der Waals surface area (Å²) in [6.45, 7) is 2.11. The van der Waals surface area contributed by atoms with Gasteiger partial charge in [-0.25, -0.2) is 4.39 Å². The fourth-order valence-corrected chi connectivity index (χ4v) is 1.89. The summed E-state index contributed by atoms with van der Waals surface area (Å²) in [5, 5.41) is 2.47. The molecule has 3 nitrogen and oxygen atoms in total. The van der Waals surface area contributed by atoms with Crippen LogP contribution >= 0.6 is 12.4 Å². The fraction of sp³-hybridized carbons (Fsp3) is 0.500. The van der Waals surface area contributed by atoms with Crippen LogP contribution in [-0.2, 0) is 6.18 Å². The van der Waals surface area contributed by atoms with E-state index in [0.717, 1.165) is 25.0 Å². The first-order valence-electron chi connectivity index (χ1n) is 6.67. The van der Waals surface area contributed by atoms with E-state index in [4.69, 9.17) is 5.73 Å². The smallest absolute Gasteiger partial charge is 0.348 e. The van der Waals surface area contributed by atoms with Crippen molar-refractivity contribution in [2.45, 2.75) is 38.4 Å². The molecule has 1 rings (SSSR count). The molecule has 8 heteroatoms. The molecule has 0 aliphatic rings. The van der Waals surface area contributed by atoms with Crippen LogP contribution in [0.25, 0.3) is 0 Å². The Morgan fingerprint density at radius 2 is 2.00 bits per heavy atom. The van der Waals surface area contributed by atoms with Gasteiger partial charge in [0.1, 0.15) is 5.82 Å². The highest BCUT2D eigenvalue weighted by molar-refractivity contribution is 5.94. The van der Waals surface area contributed by atoms with Gasteiger partial charge in [0.05, 0.1) is 11.1 Å². The second kappa shape index (κ2) is 8.95. The second-order valence-electron chi connectivity index (χ2n) is 4.71.